The zero-order valence-electron chi connectivity index (χ0n) is 18.4. The number of anilines is 1. The summed E-state index contributed by atoms with van der Waals surface area (Å²) in [6, 6.07) is 2.09. The molecule has 0 bridgehead atoms. The number of amides is 1. The van der Waals surface area contributed by atoms with Crippen molar-refractivity contribution in [1.82, 2.24) is 20.6 Å². The second-order valence-corrected chi connectivity index (χ2v) is 9.53. The minimum absolute atomic E-state index is 0. The van der Waals surface area contributed by atoms with Gasteiger partial charge in [-0.05, 0) is 38.4 Å². The Bertz CT molecular complexity index is 1070. The Hall–Kier alpha value is -1.33. The molecule has 11 heteroatoms. The normalized spacial score (nSPS) is 12.7. The number of ether oxygens (including phenoxy) is 1. The standard InChI is InChI=1S/C21H27N5O2S2.2ClH/c1-12-10-15-19(13(2)24-12)26-21(29-15)18-14-4-6-23-11-16(14)30-20(18)25-17(27)5-7-22-8-9-28-3;;/h10,22-23H,4-9,11H2,1-3H3,(H,25,27);2*1H. The first kappa shape index (κ1) is 26.9. The smallest absolute Gasteiger partial charge is 0.226 e. The second kappa shape index (κ2) is 12.2. The fourth-order valence-corrected chi connectivity index (χ4v) is 6.17. The van der Waals surface area contributed by atoms with Crippen LogP contribution in [0.5, 0.6) is 0 Å². The van der Waals surface area contributed by atoms with Gasteiger partial charge in [-0.25, -0.2) is 4.98 Å². The summed E-state index contributed by atoms with van der Waals surface area (Å²) in [7, 11) is 1.67. The Morgan fingerprint density at radius 1 is 1.22 bits per heavy atom. The fourth-order valence-electron chi connectivity index (χ4n) is 3.67. The lowest BCUT2D eigenvalue weighted by atomic mass is 10.0. The molecule has 3 aromatic rings. The number of thiophene rings is 1. The van der Waals surface area contributed by atoms with Gasteiger partial charge in [0.15, 0.2) is 0 Å². The maximum Gasteiger partial charge on any atom is 0.226 e. The highest BCUT2D eigenvalue weighted by Crippen LogP contribution is 2.45. The van der Waals surface area contributed by atoms with Gasteiger partial charge in [-0.15, -0.1) is 47.5 Å². The molecule has 0 saturated carbocycles. The van der Waals surface area contributed by atoms with Crippen LogP contribution in [-0.4, -0.2) is 49.2 Å². The third kappa shape index (κ3) is 5.96. The number of nitrogens with zero attached hydrogens (tertiary/aromatic N) is 2. The van der Waals surface area contributed by atoms with E-state index in [0.717, 1.165) is 63.2 Å². The van der Waals surface area contributed by atoms with Crippen LogP contribution in [0.4, 0.5) is 5.00 Å². The Morgan fingerprint density at radius 2 is 2.03 bits per heavy atom. The van der Waals surface area contributed by atoms with Gasteiger partial charge in [0.25, 0.3) is 0 Å². The van der Waals surface area contributed by atoms with Crippen molar-refractivity contribution in [2.75, 3.05) is 38.7 Å². The molecule has 0 unspecified atom stereocenters. The average molecular weight is 519 g/mol. The number of halogens is 2. The van der Waals surface area contributed by atoms with Crippen molar-refractivity contribution in [3.63, 3.8) is 0 Å². The molecule has 1 aliphatic rings. The van der Waals surface area contributed by atoms with Crippen LogP contribution in [-0.2, 0) is 22.5 Å². The molecule has 0 radical (unpaired) electrons. The third-order valence-corrected chi connectivity index (χ3v) is 7.25. The molecule has 3 N–H and O–H groups in total. The van der Waals surface area contributed by atoms with E-state index < -0.39 is 0 Å². The summed E-state index contributed by atoms with van der Waals surface area (Å²) in [5.41, 5.74) is 5.31. The molecule has 0 spiro atoms. The molecule has 4 heterocycles. The van der Waals surface area contributed by atoms with Gasteiger partial charge in [0.05, 0.1) is 17.0 Å². The van der Waals surface area contributed by atoms with Crippen LogP contribution in [0.1, 0.15) is 28.2 Å². The molecule has 0 saturated heterocycles. The molecular formula is C21H29Cl2N5O2S2. The van der Waals surface area contributed by atoms with Crippen molar-refractivity contribution in [3.8, 4) is 10.6 Å². The lowest BCUT2D eigenvalue weighted by Crippen LogP contribution is -2.24. The van der Waals surface area contributed by atoms with Gasteiger partial charge in [0, 0.05) is 49.3 Å². The molecule has 0 atom stereocenters. The molecule has 1 aliphatic heterocycles. The molecule has 32 heavy (non-hydrogen) atoms. The summed E-state index contributed by atoms with van der Waals surface area (Å²) >= 11 is 3.35. The average Bonchev–Trinajstić information content (AvgIpc) is 3.28. The highest BCUT2D eigenvalue weighted by atomic mass is 35.5. The minimum atomic E-state index is 0. The molecule has 1 amide bonds. The predicted molar refractivity (Wildman–Crippen MR) is 138 cm³/mol. The topological polar surface area (TPSA) is 88.2 Å². The van der Waals surface area contributed by atoms with Crippen LogP contribution in [0.3, 0.4) is 0 Å². The van der Waals surface area contributed by atoms with Crippen LogP contribution >= 0.6 is 47.5 Å². The van der Waals surface area contributed by atoms with Gasteiger partial charge in [-0.2, -0.15) is 0 Å². The van der Waals surface area contributed by atoms with Gasteiger partial charge < -0.3 is 20.7 Å². The van der Waals surface area contributed by atoms with E-state index in [2.05, 4.69) is 27.0 Å². The third-order valence-electron chi connectivity index (χ3n) is 5.09. The van der Waals surface area contributed by atoms with E-state index in [9.17, 15) is 4.79 Å². The number of nitrogens with one attached hydrogen (secondary N) is 3. The number of carbonyl (C=O) groups excluding carboxylic acids is 1. The number of thiazole rings is 1. The van der Waals surface area contributed by atoms with Crippen LogP contribution < -0.4 is 16.0 Å². The Morgan fingerprint density at radius 3 is 2.81 bits per heavy atom. The number of fused-ring (bicyclic) bond motifs is 2. The molecular weight excluding hydrogens is 489 g/mol. The SMILES string of the molecule is COCCNCCC(=O)Nc1sc2c(c1-c1nc3c(C)nc(C)cc3s1)CCNC2.Cl.Cl. The van der Waals surface area contributed by atoms with Crippen LogP contribution in [0.2, 0.25) is 0 Å². The highest BCUT2D eigenvalue weighted by Gasteiger charge is 2.25. The number of aromatic nitrogens is 2. The largest absolute Gasteiger partial charge is 0.383 e. The first-order valence-electron chi connectivity index (χ1n) is 10.2. The predicted octanol–water partition coefficient (Wildman–Crippen LogP) is 4.09. The number of pyridine rings is 1. The van der Waals surface area contributed by atoms with Crippen molar-refractivity contribution in [2.45, 2.75) is 33.2 Å². The van der Waals surface area contributed by atoms with Crippen molar-refractivity contribution >= 4 is 68.6 Å². The number of hydrogen-bond acceptors (Lipinski definition) is 8. The second-order valence-electron chi connectivity index (χ2n) is 7.39. The van der Waals surface area contributed by atoms with Gasteiger partial charge in [-0.1, -0.05) is 0 Å². The summed E-state index contributed by atoms with van der Waals surface area (Å²) < 4.78 is 6.16. The maximum atomic E-state index is 12.6. The Labute approximate surface area is 208 Å². The fraction of sp³-hybridized carbons (Fsp3) is 0.476. The van der Waals surface area contributed by atoms with Gasteiger partial charge in [-0.3, -0.25) is 9.78 Å². The van der Waals surface area contributed by atoms with E-state index in [1.165, 1.54) is 10.4 Å². The first-order chi connectivity index (χ1) is 14.6. The van der Waals surface area contributed by atoms with Crippen molar-refractivity contribution in [2.24, 2.45) is 0 Å². The molecule has 3 aromatic heterocycles. The van der Waals surface area contributed by atoms with Crippen molar-refractivity contribution in [3.05, 3.63) is 27.9 Å². The number of rotatable bonds is 8. The van der Waals surface area contributed by atoms with E-state index in [1.54, 1.807) is 29.8 Å². The van der Waals surface area contributed by atoms with E-state index >= 15 is 0 Å². The number of methoxy groups -OCH3 is 1. The zero-order chi connectivity index (χ0) is 21.1. The lowest BCUT2D eigenvalue weighted by molar-refractivity contribution is -0.116. The van der Waals surface area contributed by atoms with E-state index in [1.807, 2.05) is 13.8 Å². The number of aryl methyl sites for hydroxylation is 2. The number of carbonyl (C=O) groups is 1. The summed E-state index contributed by atoms with van der Waals surface area (Å²) in [6.07, 6.45) is 1.37. The van der Waals surface area contributed by atoms with Gasteiger partial charge in [0.2, 0.25) is 5.91 Å². The lowest BCUT2D eigenvalue weighted by Gasteiger charge is -2.13. The Balaban J connectivity index is 0.00000181. The molecule has 4 rings (SSSR count). The summed E-state index contributed by atoms with van der Waals surface area (Å²) in [4.78, 5) is 23.4. The zero-order valence-corrected chi connectivity index (χ0v) is 21.6. The first-order valence-corrected chi connectivity index (χ1v) is 11.8. The molecule has 0 aromatic carbocycles. The van der Waals surface area contributed by atoms with E-state index in [-0.39, 0.29) is 30.7 Å². The molecule has 7 nitrogen and oxygen atoms in total. The monoisotopic (exact) mass is 517 g/mol. The van der Waals surface area contributed by atoms with E-state index in [0.29, 0.717) is 19.6 Å². The summed E-state index contributed by atoms with van der Waals surface area (Å²) in [6.45, 7) is 7.81. The van der Waals surface area contributed by atoms with Crippen LogP contribution in [0, 0.1) is 13.8 Å². The summed E-state index contributed by atoms with van der Waals surface area (Å²) in [5, 5.41) is 11.7. The minimum Gasteiger partial charge on any atom is -0.383 e. The quantitative estimate of drug-likeness (QED) is 0.390. The highest BCUT2D eigenvalue weighted by molar-refractivity contribution is 7.23. The molecule has 0 aliphatic carbocycles. The van der Waals surface area contributed by atoms with Crippen molar-refractivity contribution < 1.29 is 9.53 Å². The Kier molecular flexibility index (Phi) is 10.3. The van der Waals surface area contributed by atoms with E-state index in [4.69, 9.17) is 9.72 Å². The van der Waals surface area contributed by atoms with Crippen LogP contribution in [0.15, 0.2) is 6.07 Å². The maximum absolute atomic E-state index is 12.6. The van der Waals surface area contributed by atoms with Gasteiger partial charge in [0.1, 0.15) is 15.5 Å². The molecule has 176 valence electrons. The van der Waals surface area contributed by atoms with Crippen LogP contribution in [0.25, 0.3) is 20.8 Å². The summed E-state index contributed by atoms with van der Waals surface area (Å²) in [5.74, 6) is 0.0162. The van der Waals surface area contributed by atoms with Gasteiger partial charge >= 0.3 is 0 Å². The number of hydrogen-bond donors (Lipinski definition) is 3. The molecule has 0 fully saturated rings. The van der Waals surface area contributed by atoms with Crippen molar-refractivity contribution in [1.29, 1.82) is 0 Å².